The molecular weight excluding hydrogens is 520 g/mol. The van der Waals surface area contributed by atoms with E-state index in [4.69, 9.17) is 16.3 Å². The van der Waals surface area contributed by atoms with Gasteiger partial charge in [-0.25, -0.2) is 9.48 Å². The van der Waals surface area contributed by atoms with E-state index in [2.05, 4.69) is 22.6 Å². The second kappa shape index (κ2) is 10.1. The smallest absolute Gasteiger partial charge is 0.341 e. The Hall–Kier alpha value is -3.08. The van der Waals surface area contributed by atoms with Crippen LogP contribution in [0.4, 0.5) is 5.00 Å². The van der Waals surface area contributed by atoms with Gasteiger partial charge in [-0.15, -0.1) is 27.8 Å². The van der Waals surface area contributed by atoms with Crippen LogP contribution in [0.1, 0.15) is 41.1 Å². The minimum atomic E-state index is -0.545. The second-order valence-electron chi connectivity index (χ2n) is 8.71. The number of rotatable bonds is 6. The first-order valence-corrected chi connectivity index (χ1v) is 13.7. The van der Waals surface area contributed by atoms with Gasteiger partial charge in [-0.1, -0.05) is 35.9 Å². The quantitative estimate of drug-likeness (QED) is 0.337. The van der Waals surface area contributed by atoms with Crippen molar-refractivity contribution in [2.75, 3.05) is 11.9 Å². The minimum absolute atomic E-state index is 0.191. The average molecular weight is 543 g/mol. The van der Waals surface area contributed by atoms with Crippen LogP contribution in [-0.4, -0.2) is 33.5 Å². The summed E-state index contributed by atoms with van der Waals surface area (Å²) in [6, 6.07) is 7.05. The molecule has 1 aromatic carbocycles. The Morgan fingerprint density at radius 2 is 2.06 bits per heavy atom. The first-order chi connectivity index (χ1) is 17.4. The monoisotopic (exact) mass is 542 g/mol. The van der Waals surface area contributed by atoms with Crippen LogP contribution in [0.2, 0.25) is 5.02 Å². The van der Waals surface area contributed by atoms with E-state index in [1.807, 2.05) is 0 Å². The van der Waals surface area contributed by atoms with Crippen molar-refractivity contribution in [1.29, 1.82) is 0 Å². The Morgan fingerprint density at radius 3 is 2.81 bits per heavy atom. The lowest BCUT2D eigenvalue weighted by atomic mass is 9.89. The van der Waals surface area contributed by atoms with Crippen LogP contribution < -0.4 is 10.9 Å². The topological polar surface area (TPSA) is 103 Å². The van der Waals surface area contributed by atoms with Crippen LogP contribution in [0.15, 0.2) is 34.4 Å². The predicted octanol–water partition coefficient (Wildman–Crippen LogP) is 5.18. The molecule has 5 rings (SSSR count). The lowest BCUT2D eigenvalue weighted by Gasteiger charge is -2.17. The van der Waals surface area contributed by atoms with Gasteiger partial charge in [0.1, 0.15) is 17.1 Å². The number of fused-ring (bicyclic) bond motifs is 3. The fourth-order valence-corrected chi connectivity index (χ4v) is 6.81. The summed E-state index contributed by atoms with van der Waals surface area (Å²) in [5.74, 6) is -0.460. The third-order valence-electron chi connectivity index (χ3n) is 6.16. The van der Waals surface area contributed by atoms with E-state index in [-0.39, 0.29) is 24.3 Å². The number of ether oxygens (including phenoxy) is 1. The number of aryl methyl sites for hydroxylation is 1. The number of hydrogen-bond acceptors (Lipinski definition) is 8. The highest BCUT2D eigenvalue weighted by atomic mass is 35.5. The zero-order valence-electron chi connectivity index (χ0n) is 19.7. The number of nitrogens with zero attached hydrogens (tertiary/aromatic N) is 3. The van der Waals surface area contributed by atoms with Crippen molar-refractivity contribution >= 4 is 61.4 Å². The standard InChI is InChI=1S/C25H23ClN4O4S2/c1-3-34-25(33)21-17(14-5-7-15(26)8-6-14)12-35-22(21)27-19(31)11-30-24(32)20-16-9-4-13(2)10-18(16)36-23(20)28-29-30/h5-8,12-13H,3-4,9-11H2,1-2H3,(H,27,31)/t13-/m0/s1. The molecule has 1 amide bonds. The van der Waals surface area contributed by atoms with E-state index in [0.717, 1.165) is 35.1 Å². The van der Waals surface area contributed by atoms with Crippen molar-refractivity contribution in [2.24, 2.45) is 5.92 Å². The lowest BCUT2D eigenvalue weighted by Crippen LogP contribution is -2.30. The normalized spacial score (nSPS) is 15.0. The van der Waals surface area contributed by atoms with Crippen LogP contribution in [0, 0.1) is 5.92 Å². The van der Waals surface area contributed by atoms with Gasteiger partial charge in [0, 0.05) is 20.8 Å². The summed E-state index contributed by atoms with van der Waals surface area (Å²) < 4.78 is 6.33. The van der Waals surface area contributed by atoms with Crippen LogP contribution in [-0.2, 0) is 28.9 Å². The van der Waals surface area contributed by atoms with Gasteiger partial charge < -0.3 is 10.1 Å². The summed E-state index contributed by atoms with van der Waals surface area (Å²) in [5, 5.41) is 14.3. The Kier molecular flexibility index (Phi) is 6.92. The Bertz CT molecular complexity index is 1520. The molecule has 3 heterocycles. The van der Waals surface area contributed by atoms with Crippen LogP contribution in [0.3, 0.4) is 0 Å². The van der Waals surface area contributed by atoms with Crippen LogP contribution in [0.5, 0.6) is 0 Å². The number of carbonyl (C=O) groups is 2. The maximum atomic E-state index is 13.2. The summed E-state index contributed by atoms with van der Waals surface area (Å²) in [6.45, 7) is 3.79. The van der Waals surface area contributed by atoms with Gasteiger partial charge in [0.05, 0.1) is 12.0 Å². The Labute approximate surface area is 219 Å². The molecule has 36 heavy (non-hydrogen) atoms. The van der Waals surface area contributed by atoms with Gasteiger partial charge >= 0.3 is 5.97 Å². The number of carbonyl (C=O) groups excluding carboxylic acids is 2. The van der Waals surface area contributed by atoms with Crippen molar-refractivity contribution in [3.63, 3.8) is 0 Å². The first kappa shape index (κ1) is 24.6. The van der Waals surface area contributed by atoms with Crippen LogP contribution in [0.25, 0.3) is 21.3 Å². The van der Waals surface area contributed by atoms with Gasteiger partial charge in [-0.2, -0.15) is 0 Å². The van der Waals surface area contributed by atoms with E-state index in [1.165, 1.54) is 27.6 Å². The fourth-order valence-electron chi connectivity index (χ4n) is 4.39. The molecule has 186 valence electrons. The lowest BCUT2D eigenvalue weighted by molar-refractivity contribution is -0.117. The van der Waals surface area contributed by atoms with Crippen molar-refractivity contribution in [1.82, 2.24) is 15.0 Å². The van der Waals surface area contributed by atoms with E-state index in [0.29, 0.717) is 31.7 Å². The van der Waals surface area contributed by atoms with Crippen molar-refractivity contribution in [2.45, 2.75) is 39.7 Å². The number of esters is 1. The van der Waals surface area contributed by atoms with Gasteiger partial charge in [-0.3, -0.25) is 9.59 Å². The number of amides is 1. The van der Waals surface area contributed by atoms with Crippen molar-refractivity contribution < 1.29 is 14.3 Å². The predicted molar refractivity (Wildman–Crippen MR) is 142 cm³/mol. The van der Waals surface area contributed by atoms with Gasteiger partial charge in [0.2, 0.25) is 5.91 Å². The summed E-state index contributed by atoms with van der Waals surface area (Å²) in [4.78, 5) is 40.8. The van der Waals surface area contributed by atoms with Gasteiger partial charge in [0.15, 0.2) is 4.83 Å². The van der Waals surface area contributed by atoms with E-state index >= 15 is 0 Å². The molecule has 0 unspecified atom stereocenters. The Balaban J connectivity index is 1.43. The number of hydrogen-bond donors (Lipinski definition) is 1. The summed E-state index contributed by atoms with van der Waals surface area (Å²) in [5.41, 5.74) is 2.37. The number of halogens is 1. The molecule has 0 spiro atoms. The zero-order chi connectivity index (χ0) is 25.4. The summed E-state index contributed by atoms with van der Waals surface area (Å²) >= 11 is 8.73. The van der Waals surface area contributed by atoms with E-state index in [1.54, 1.807) is 36.6 Å². The van der Waals surface area contributed by atoms with E-state index in [9.17, 15) is 14.4 Å². The highest BCUT2D eigenvalue weighted by Crippen LogP contribution is 2.37. The van der Waals surface area contributed by atoms with Crippen LogP contribution >= 0.6 is 34.3 Å². The maximum Gasteiger partial charge on any atom is 0.341 e. The molecule has 1 aliphatic rings. The molecule has 0 saturated carbocycles. The molecule has 11 heteroatoms. The molecule has 0 saturated heterocycles. The molecule has 0 radical (unpaired) electrons. The molecular formula is C25H23ClN4O4S2. The van der Waals surface area contributed by atoms with Crippen molar-refractivity contribution in [3.05, 3.63) is 61.0 Å². The third-order valence-corrected chi connectivity index (χ3v) is 8.44. The van der Waals surface area contributed by atoms with Crippen molar-refractivity contribution in [3.8, 4) is 11.1 Å². The van der Waals surface area contributed by atoms with E-state index < -0.39 is 11.9 Å². The molecule has 0 fully saturated rings. The van der Waals surface area contributed by atoms with Gasteiger partial charge in [0.25, 0.3) is 5.56 Å². The molecule has 1 N–H and O–H groups in total. The molecule has 0 aliphatic heterocycles. The summed E-state index contributed by atoms with van der Waals surface area (Å²) in [7, 11) is 0. The third kappa shape index (κ3) is 4.68. The first-order valence-electron chi connectivity index (χ1n) is 11.6. The van der Waals surface area contributed by atoms with Gasteiger partial charge in [-0.05, 0) is 55.4 Å². The molecule has 0 bridgehead atoms. The largest absolute Gasteiger partial charge is 0.462 e. The minimum Gasteiger partial charge on any atom is -0.462 e. The second-order valence-corrected chi connectivity index (χ2v) is 11.1. The number of anilines is 1. The SMILES string of the molecule is CCOC(=O)c1c(-c2ccc(Cl)cc2)csc1NC(=O)Cn1nnc2sc3c(c2c1=O)CC[C@H](C)C3. The number of benzene rings is 1. The molecule has 1 aliphatic carbocycles. The molecule has 4 aromatic rings. The number of thiophene rings is 2. The highest BCUT2D eigenvalue weighted by molar-refractivity contribution is 7.18. The highest BCUT2D eigenvalue weighted by Gasteiger charge is 2.25. The maximum absolute atomic E-state index is 13.2. The summed E-state index contributed by atoms with van der Waals surface area (Å²) in [6.07, 6.45) is 2.78. The molecule has 1 atom stereocenters. The Morgan fingerprint density at radius 1 is 1.28 bits per heavy atom. The average Bonchev–Trinajstić information content (AvgIpc) is 3.42. The number of nitrogens with one attached hydrogen (secondary N) is 1. The molecule has 8 nitrogen and oxygen atoms in total. The number of aromatic nitrogens is 3. The fraction of sp³-hybridized carbons (Fsp3) is 0.320. The molecule has 3 aromatic heterocycles. The zero-order valence-corrected chi connectivity index (χ0v) is 22.1.